The lowest BCUT2D eigenvalue weighted by molar-refractivity contribution is 0.0490. The molecule has 0 aromatic heterocycles. The molecule has 0 spiro atoms. The van der Waals surface area contributed by atoms with Crippen molar-refractivity contribution in [3.8, 4) is 6.07 Å². The number of aliphatic hydroxyl groups is 2. The molecule has 0 aliphatic rings. The van der Waals surface area contributed by atoms with Gasteiger partial charge >= 0.3 is 0 Å². The maximum absolute atomic E-state index is 9.80. The van der Waals surface area contributed by atoms with Gasteiger partial charge in [0, 0.05) is 0 Å². The van der Waals surface area contributed by atoms with Gasteiger partial charge in [-0.1, -0.05) is 30.3 Å². The van der Waals surface area contributed by atoms with Crippen LogP contribution in [0.5, 0.6) is 0 Å². The van der Waals surface area contributed by atoms with Crippen LogP contribution in [-0.4, -0.2) is 28.5 Å². The van der Waals surface area contributed by atoms with E-state index < -0.39 is 11.6 Å². The second-order valence-electron chi connectivity index (χ2n) is 4.53. The van der Waals surface area contributed by atoms with Crippen molar-refractivity contribution in [1.82, 2.24) is 5.32 Å². The maximum atomic E-state index is 9.80. The SMILES string of the molecule is CC(C)(O)[C@@H](C#N)N[C@@H](CO)c1ccccc1. The normalized spacial score (nSPS) is 15.0. The van der Waals surface area contributed by atoms with Gasteiger partial charge in [0.2, 0.25) is 0 Å². The Labute approximate surface area is 102 Å². The van der Waals surface area contributed by atoms with Crippen LogP contribution in [0.25, 0.3) is 0 Å². The minimum Gasteiger partial charge on any atom is -0.394 e. The van der Waals surface area contributed by atoms with E-state index in [4.69, 9.17) is 5.26 Å². The predicted octanol–water partition coefficient (Wildman–Crippen LogP) is 0.973. The first kappa shape index (κ1) is 13.7. The molecule has 0 aliphatic heterocycles. The number of nitriles is 1. The monoisotopic (exact) mass is 234 g/mol. The molecular weight excluding hydrogens is 216 g/mol. The van der Waals surface area contributed by atoms with E-state index in [1.54, 1.807) is 13.8 Å². The number of nitrogens with zero attached hydrogens (tertiary/aromatic N) is 1. The van der Waals surface area contributed by atoms with Gasteiger partial charge in [0.05, 0.1) is 24.3 Å². The Morgan fingerprint density at radius 1 is 1.35 bits per heavy atom. The summed E-state index contributed by atoms with van der Waals surface area (Å²) in [5.41, 5.74) is -0.267. The molecule has 1 aromatic rings. The van der Waals surface area contributed by atoms with Crippen molar-refractivity contribution in [2.75, 3.05) is 6.61 Å². The van der Waals surface area contributed by atoms with Crippen molar-refractivity contribution >= 4 is 0 Å². The molecule has 4 heteroatoms. The van der Waals surface area contributed by atoms with Gasteiger partial charge in [0.15, 0.2) is 0 Å². The molecule has 1 rings (SSSR count). The van der Waals surface area contributed by atoms with E-state index in [9.17, 15) is 10.2 Å². The fraction of sp³-hybridized carbons (Fsp3) is 0.462. The number of aliphatic hydroxyl groups excluding tert-OH is 1. The van der Waals surface area contributed by atoms with Gasteiger partial charge in [0.1, 0.15) is 6.04 Å². The fourth-order valence-electron chi connectivity index (χ4n) is 1.54. The molecule has 17 heavy (non-hydrogen) atoms. The van der Waals surface area contributed by atoms with Crippen LogP contribution in [0, 0.1) is 11.3 Å². The van der Waals surface area contributed by atoms with E-state index >= 15 is 0 Å². The van der Waals surface area contributed by atoms with E-state index in [0.29, 0.717) is 0 Å². The molecule has 0 bridgehead atoms. The largest absolute Gasteiger partial charge is 0.394 e. The van der Waals surface area contributed by atoms with Crippen LogP contribution in [0.15, 0.2) is 30.3 Å². The van der Waals surface area contributed by atoms with Crippen molar-refractivity contribution in [3.05, 3.63) is 35.9 Å². The highest BCUT2D eigenvalue weighted by Gasteiger charge is 2.28. The first-order valence-electron chi connectivity index (χ1n) is 5.53. The van der Waals surface area contributed by atoms with Crippen LogP contribution < -0.4 is 5.32 Å². The van der Waals surface area contributed by atoms with Gasteiger partial charge in [-0.25, -0.2) is 0 Å². The van der Waals surface area contributed by atoms with Crippen LogP contribution in [0.4, 0.5) is 0 Å². The molecule has 4 nitrogen and oxygen atoms in total. The highest BCUT2D eigenvalue weighted by molar-refractivity contribution is 5.20. The van der Waals surface area contributed by atoms with E-state index in [-0.39, 0.29) is 12.6 Å². The Morgan fingerprint density at radius 2 is 1.94 bits per heavy atom. The molecule has 0 saturated carbocycles. The van der Waals surface area contributed by atoms with Crippen molar-refractivity contribution in [3.63, 3.8) is 0 Å². The van der Waals surface area contributed by atoms with Crippen LogP contribution >= 0.6 is 0 Å². The second kappa shape index (κ2) is 5.78. The van der Waals surface area contributed by atoms with Crippen molar-refractivity contribution in [2.24, 2.45) is 0 Å². The van der Waals surface area contributed by atoms with Gasteiger partial charge < -0.3 is 10.2 Å². The average molecular weight is 234 g/mol. The van der Waals surface area contributed by atoms with Gasteiger partial charge in [-0.05, 0) is 19.4 Å². The number of hydrogen-bond acceptors (Lipinski definition) is 4. The summed E-state index contributed by atoms with van der Waals surface area (Å²) in [6.45, 7) is 3.00. The minimum absolute atomic E-state index is 0.127. The zero-order valence-electron chi connectivity index (χ0n) is 10.1. The minimum atomic E-state index is -1.16. The van der Waals surface area contributed by atoms with Gasteiger partial charge in [-0.15, -0.1) is 0 Å². The highest BCUT2D eigenvalue weighted by atomic mass is 16.3. The maximum Gasteiger partial charge on any atom is 0.124 e. The lowest BCUT2D eigenvalue weighted by atomic mass is 9.98. The lowest BCUT2D eigenvalue weighted by Crippen LogP contribution is -2.47. The smallest absolute Gasteiger partial charge is 0.124 e. The molecule has 0 amide bonds. The number of rotatable bonds is 5. The molecule has 92 valence electrons. The molecule has 2 atom stereocenters. The van der Waals surface area contributed by atoms with Crippen molar-refractivity contribution < 1.29 is 10.2 Å². The van der Waals surface area contributed by atoms with Gasteiger partial charge in [-0.3, -0.25) is 5.32 Å². The summed E-state index contributed by atoms with van der Waals surface area (Å²) in [6.07, 6.45) is 0. The number of hydrogen-bond donors (Lipinski definition) is 3. The standard InChI is InChI=1S/C13H18N2O2/c1-13(2,17)12(8-14)15-11(9-16)10-6-4-3-5-7-10/h3-7,11-12,15-17H,9H2,1-2H3/t11-,12+/m0/s1. The zero-order chi connectivity index (χ0) is 12.9. The summed E-state index contributed by atoms with van der Waals surface area (Å²) >= 11 is 0. The van der Waals surface area contributed by atoms with E-state index in [2.05, 4.69) is 5.32 Å². The third-order valence-corrected chi connectivity index (χ3v) is 2.59. The Morgan fingerprint density at radius 3 is 2.35 bits per heavy atom. The molecular formula is C13H18N2O2. The lowest BCUT2D eigenvalue weighted by Gasteiger charge is -2.28. The summed E-state index contributed by atoms with van der Waals surface area (Å²) in [5, 5.41) is 31.1. The van der Waals surface area contributed by atoms with Gasteiger partial charge in [-0.2, -0.15) is 5.26 Å². The molecule has 0 unspecified atom stereocenters. The van der Waals surface area contributed by atoms with Crippen LogP contribution in [0.3, 0.4) is 0 Å². The Balaban J connectivity index is 2.81. The summed E-state index contributed by atoms with van der Waals surface area (Å²) < 4.78 is 0. The molecule has 0 aliphatic carbocycles. The zero-order valence-corrected chi connectivity index (χ0v) is 10.1. The summed E-state index contributed by atoms with van der Waals surface area (Å²) in [6, 6.07) is 10.3. The first-order chi connectivity index (χ1) is 7.99. The number of benzene rings is 1. The van der Waals surface area contributed by atoms with E-state index in [1.165, 1.54) is 0 Å². The topological polar surface area (TPSA) is 76.3 Å². The molecule has 1 aromatic carbocycles. The highest BCUT2D eigenvalue weighted by Crippen LogP contribution is 2.16. The Hall–Kier alpha value is -1.41. The fourth-order valence-corrected chi connectivity index (χ4v) is 1.54. The Bertz CT molecular complexity index is 379. The molecule has 0 fully saturated rings. The molecule has 3 N–H and O–H groups in total. The molecule has 0 saturated heterocycles. The third kappa shape index (κ3) is 3.82. The Kier molecular flexibility index (Phi) is 4.64. The van der Waals surface area contributed by atoms with Crippen molar-refractivity contribution in [2.45, 2.75) is 31.5 Å². The first-order valence-corrected chi connectivity index (χ1v) is 5.53. The quantitative estimate of drug-likeness (QED) is 0.709. The van der Waals surface area contributed by atoms with Crippen LogP contribution in [0.2, 0.25) is 0 Å². The molecule has 0 radical (unpaired) electrons. The predicted molar refractivity (Wildman–Crippen MR) is 65.1 cm³/mol. The van der Waals surface area contributed by atoms with E-state index in [1.807, 2.05) is 36.4 Å². The summed E-state index contributed by atoms with van der Waals surface area (Å²) in [7, 11) is 0. The summed E-state index contributed by atoms with van der Waals surface area (Å²) in [4.78, 5) is 0. The van der Waals surface area contributed by atoms with Crippen molar-refractivity contribution in [1.29, 1.82) is 5.26 Å². The summed E-state index contributed by atoms with van der Waals surface area (Å²) in [5.74, 6) is 0. The van der Waals surface area contributed by atoms with Crippen LogP contribution in [0.1, 0.15) is 25.5 Å². The average Bonchev–Trinajstić information content (AvgIpc) is 2.30. The van der Waals surface area contributed by atoms with Gasteiger partial charge in [0.25, 0.3) is 0 Å². The van der Waals surface area contributed by atoms with E-state index in [0.717, 1.165) is 5.56 Å². The number of nitrogens with one attached hydrogen (secondary N) is 1. The van der Waals surface area contributed by atoms with Crippen LogP contribution in [-0.2, 0) is 0 Å². The second-order valence-corrected chi connectivity index (χ2v) is 4.53. The third-order valence-electron chi connectivity index (χ3n) is 2.59. The molecule has 0 heterocycles.